The number of hydrogen-bond donors (Lipinski definition) is 2. The normalized spacial score (nSPS) is 12.1. The fraction of sp³-hybridized carbons (Fsp3) is 0.333. The molecule has 0 saturated heterocycles. The van der Waals surface area contributed by atoms with Crippen molar-refractivity contribution in [1.82, 2.24) is 0 Å². The molecule has 0 saturated carbocycles. The van der Waals surface area contributed by atoms with Gasteiger partial charge in [0.2, 0.25) is 0 Å². The van der Waals surface area contributed by atoms with Crippen molar-refractivity contribution in [3.8, 4) is 0 Å². The Hall–Kier alpha value is -1.39. The Labute approximate surface area is 104 Å². The molecule has 5 heteroatoms. The van der Waals surface area contributed by atoms with Crippen LogP contribution in [0.3, 0.4) is 0 Å². The first-order valence-electron chi connectivity index (χ1n) is 5.12. The van der Waals surface area contributed by atoms with Crippen molar-refractivity contribution in [3.05, 3.63) is 34.9 Å². The third-order valence-corrected chi connectivity index (χ3v) is 2.74. The van der Waals surface area contributed by atoms with Gasteiger partial charge in [-0.3, -0.25) is 0 Å². The number of rotatable bonds is 6. The topological polar surface area (TPSA) is 74.6 Å². The number of aliphatic hydroxyl groups is 1. The Morgan fingerprint density at radius 1 is 1.41 bits per heavy atom. The molecule has 0 aromatic heterocycles. The fourth-order valence-electron chi connectivity index (χ4n) is 1.54. The third kappa shape index (κ3) is 3.54. The molecule has 17 heavy (non-hydrogen) atoms. The number of alkyl halides is 1. The van der Waals surface area contributed by atoms with Crippen molar-refractivity contribution >= 4 is 23.9 Å². The number of carboxylic acids is 1. The molecule has 0 aliphatic heterocycles. The van der Waals surface area contributed by atoms with E-state index in [0.717, 1.165) is 17.4 Å². The highest BCUT2D eigenvalue weighted by Crippen LogP contribution is 2.20. The van der Waals surface area contributed by atoms with Crippen molar-refractivity contribution in [2.45, 2.75) is 24.8 Å². The van der Waals surface area contributed by atoms with Crippen LogP contribution in [0.2, 0.25) is 0 Å². The fourth-order valence-corrected chi connectivity index (χ4v) is 1.79. The number of aliphatic hydroxyl groups excluding tert-OH is 1. The molecule has 1 rings (SSSR count). The lowest BCUT2D eigenvalue weighted by Gasteiger charge is -2.11. The standard InChI is InChI=1S/C12H13ClO4/c13-7-10-6-9(11(15)12(16)17)4-3-8(10)2-1-5-14/h3-6,11,15H,1-2,7H2,(H,16,17). The van der Waals surface area contributed by atoms with Gasteiger partial charge < -0.3 is 15.0 Å². The summed E-state index contributed by atoms with van der Waals surface area (Å²) in [6.07, 6.45) is 0.231. The van der Waals surface area contributed by atoms with Crippen LogP contribution in [0.4, 0.5) is 0 Å². The Kier molecular flexibility index (Phi) is 5.12. The van der Waals surface area contributed by atoms with Crippen molar-refractivity contribution in [2.24, 2.45) is 0 Å². The molecule has 1 aromatic rings. The summed E-state index contributed by atoms with van der Waals surface area (Å²) in [7, 11) is 0. The molecule has 0 aliphatic rings. The SMILES string of the molecule is O=CCCc1ccc(C(O)C(=O)O)cc1CCl. The van der Waals surface area contributed by atoms with E-state index >= 15 is 0 Å². The second-order valence-electron chi connectivity index (χ2n) is 3.61. The van der Waals surface area contributed by atoms with Gasteiger partial charge in [0.25, 0.3) is 0 Å². The highest BCUT2D eigenvalue weighted by Gasteiger charge is 2.16. The third-order valence-electron chi connectivity index (χ3n) is 2.46. The second-order valence-corrected chi connectivity index (χ2v) is 3.88. The summed E-state index contributed by atoms with van der Waals surface area (Å²) in [6.45, 7) is 0. The van der Waals surface area contributed by atoms with Gasteiger partial charge in [0.15, 0.2) is 6.10 Å². The quantitative estimate of drug-likeness (QED) is 0.600. The van der Waals surface area contributed by atoms with E-state index in [1.807, 2.05) is 0 Å². The Balaban J connectivity index is 2.99. The average molecular weight is 257 g/mol. The summed E-state index contributed by atoms with van der Waals surface area (Å²) < 4.78 is 0. The van der Waals surface area contributed by atoms with Crippen molar-refractivity contribution in [2.75, 3.05) is 0 Å². The molecule has 0 aliphatic carbocycles. The second kappa shape index (κ2) is 6.37. The minimum absolute atomic E-state index is 0.217. The first kappa shape index (κ1) is 13.7. The molecule has 92 valence electrons. The molecule has 1 atom stereocenters. The van der Waals surface area contributed by atoms with Gasteiger partial charge in [-0.25, -0.2) is 4.79 Å². The van der Waals surface area contributed by atoms with E-state index in [2.05, 4.69) is 0 Å². The van der Waals surface area contributed by atoms with Crippen molar-refractivity contribution in [3.63, 3.8) is 0 Å². The number of carbonyl (C=O) groups is 2. The smallest absolute Gasteiger partial charge is 0.337 e. The summed E-state index contributed by atoms with van der Waals surface area (Å²) in [6, 6.07) is 4.80. The summed E-state index contributed by atoms with van der Waals surface area (Å²) in [5, 5.41) is 18.1. The molecular weight excluding hydrogens is 244 g/mol. The summed E-state index contributed by atoms with van der Waals surface area (Å²) in [5.41, 5.74) is 1.93. The van der Waals surface area contributed by atoms with Gasteiger partial charge in [-0.2, -0.15) is 0 Å². The minimum atomic E-state index is -1.54. The lowest BCUT2D eigenvalue weighted by atomic mass is 9.99. The van der Waals surface area contributed by atoms with E-state index in [-0.39, 0.29) is 5.88 Å². The first-order valence-corrected chi connectivity index (χ1v) is 5.65. The molecule has 2 N–H and O–H groups in total. The Morgan fingerprint density at radius 2 is 2.12 bits per heavy atom. The molecular formula is C12H13ClO4. The number of aldehydes is 1. The van der Waals surface area contributed by atoms with Crippen LogP contribution in [0, 0.1) is 0 Å². The van der Waals surface area contributed by atoms with E-state index in [9.17, 15) is 14.7 Å². The van der Waals surface area contributed by atoms with E-state index in [0.29, 0.717) is 18.4 Å². The molecule has 0 bridgehead atoms. The number of carboxylic acid groups (broad SMARTS) is 1. The largest absolute Gasteiger partial charge is 0.479 e. The molecule has 1 aromatic carbocycles. The summed E-state index contributed by atoms with van der Waals surface area (Å²) >= 11 is 5.75. The maximum atomic E-state index is 10.6. The maximum Gasteiger partial charge on any atom is 0.337 e. The molecule has 0 amide bonds. The lowest BCUT2D eigenvalue weighted by molar-refractivity contribution is -0.146. The van der Waals surface area contributed by atoms with E-state index in [1.54, 1.807) is 12.1 Å². The molecule has 0 radical (unpaired) electrons. The lowest BCUT2D eigenvalue weighted by Crippen LogP contribution is -2.11. The van der Waals surface area contributed by atoms with Crippen LogP contribution >= 0.6 is 11.6 Å². The van der Waals surface area contributed by atoms with Crippen LogP contribution in [-0.2, 0) is 21.9 Å². The predicted molar refractivity (Wildman–Crippen MR) is 63.0 cm³/mol. The number of aryl methyl sites for hydroxylation is 1. The predicted octanol–water partition coefficient (Wildman–Crippen LogP) is 1.67. The van der Waals surface area contributed by atoms with Gasteiger partial charge in [0.05, 0.1) is 0 Å². The zero-order chi connectivity index (χ0) is 12.8. The first-order chi connectivity index (χ1) is 8.10. The van der Waals surface area contributed by atoms with Gasteiger partial charge in [-0.15, -0.1) is 11.6 Å². The van der Waals surface area contributed by atoms with Gasteiger partial charge >= 0.3 is 5.97 Å². The molecule has 4 nitrogen and oxygen atoms in total. The van der Waals surface area contributed by atoms with Gasteiger partial charge in [0.1, 0.15) is 6.29 Å². The minimum Gasteiger partial charge on any atom is -0.479 e. The van der Waals surface area contributed by atoms with Crippen molar-refractivity contribution in [1.29, 1.82) is 0 Å². The monoisotopic (exact) mass is 256 g/mol. The molecule has 1 unspecified atom stereocenters. The Morgan fingerprint density at radius 3 is 2.65 bits per heavy atom. The van der Waals surface area contributed by atoms with Crippen LogP contribution in [0.1, 0.15) is 29.2 Å². The van der Waals surface area contributed by atoms with Crippen LogP contribution in [0.5, 0.6) is 0 Å². The van der Waals surface area contributed by atoms with E-state index in [4.69, 9.17) is 16.7 Å². The zero-order valence-corrected chi connectivity index (χ0v) is 9.85. The van der Waals surface area contributed by atoms with Crippen LogP contribution in [0.15, 0.2) is 18.2 Å². The van der Waals surface area contributed by atoms with E-state index < -0.39 is 12.1 Å². The van der Waals surface area contributed by atoms with Crippen LogP contribution in [-0.4, -0.2) is 22.5 Å². The van der Waals surface area contributed by atoms with Gasteiger partial charge in [-0.1, -0.05) is 18.2 Å². The molecule has 0 heterocycles. The average Bonchev–Trinajstić information content (AvgIpc) is 2.35. The van der Waals surface area contributed by atoms with Gasteiger partial charge in [-0.05, 0) is 23.1 Å². The number of hydrogen-bond acceptors (Lipinski definition) is 3. The molecule has 0 fully saturated rings. The Bertz CT molecular complexity index is 417. The number of aliphatic carboxylic acids is 1. The highest BCUT2D eigenvalue weighted by molar-refractivity contribution is 6.17. The van der Waals surface area contributed by atoms with Crippen molar-refractivity contribution < 1.29 is 19.8 Å². The summed E-state index contributed by atoms with van der Waals surface area (Å²) in [4.78, 5) is 20.9. The maximum absolute atomic E-state index is 10.6. The van der Waals surface area contributed by atoms with Gasteiger partial charge in [0, 0.05) is 12.3 Å². The number of carbonyl (C=O) groups excluding carboxylic acids is 1. The van der Waals surface area contributed by atoms with Crippen LogP contribution < -0.4 is 0 Å². The van der Waals surface area contributed by atoms with Crippen LogP contribution in [0.25, 0.3) is 0 Å². The van der Waals surface area contributed by atoms with E-state index in [1.165, 1.54) is 6.07 Å². The number of halogens is 1. The zero-order valence-electron chi connectivity index (χ0n) is 9.10. The number of benzene rings is 1. The highest BCUT2D eigenvalue weighted by atomic mass is 35.5. The summed E-state index contributed by atoms with van der Waals surface area (Å²) in [5.74, 6) is -1.08. The molecule has 0 spiro atoms.